The third kappa shape index (κ3) is 2.63. The average molecular weight is 239 g/mol. The van der Waals surface area contributed by atoms with Crippen molar-refractivity contribution in [3.63, 3.8) is 0 Å². The number of nitrogens with zero attached hydrogens (tertiary/aromatic N) is 2. The third-order valence-electron chi connectivity index (χ3n) is 3.04. The fourth-order valence-electron chi connectivity index (χ4n) is 2.13. The molecule has 1 aliphatic carbocycles. The van der Waals surface area contributed by atoms with Gasteiger partial charge in [-0.05, 0) is 24.9 Å². The van der Waals surface area contributed by atoms with Crippen molar-refractivity contribution in [3.8, 4) is 0 Å². The summed E-state index contributed by atoms with van der Waals surface area (Å²) in [6, 6.07) is 0.0410. The fourth-order valence-corrected chi connectivity index (χ4v) is 2.13. The Hall–Kier alpha value is -1.43. The van der Waals surface area contributed by atoms with E-state index in [1.807, 2.05) is 0 Å². The molecule has 0 aliphatic heterocycles. The van der Waals surface area contributed by atoms with Crippen molar-refractivity contribution in [2.24, 2.45) is 5.73 Å². The van der Waals surface area contributed by atoms with E-state index in [4.69, 9.17) is 15.0 Å². The molecule has 0 bridgehead atoms. The van der Waals surface area contributed by atoms with E-state index in [1.165, 1.54) is 0 Å². The van der Waals surface area contributed by atoms with Gasteiger partial charge in [-0.15, -0.1) is 0 Å². The number of carbonyl (C=O) groups excluding carboxylic acids is 1. The van der Waals surface area contributed by atoms with E-state index in [1.54, 1.807) is 6.92 Å². The van der Waals surface area contributed by atoms with Crippen molar-refractivity contribution in [1.82, 2.24) is 10.1 Å². The predicted molar refractivity (Wildman–Crippen MR) is 59.4 cm³/mol. The minimum absolute atomic E-state index is 0.0142. The predicted octanol–water partition coefficient (Wildman–Crippen LogP) is 1.23. The summed E-state index contributed by atoms with van der Waals surface area (Å²) in [5.74, 6) is -0.0359. The average Bonchev–Trinajstić information content (AvgIpc) is 2.79. The second-order valence-electron chi connectivity index (χ2n) is 4.23. The van der Waals surface area contributed by atoms with Crippen LogP contribution in [0.1, 0.15) is 55.0 Å². The van der Waals surface area contributed by atoms with Gasteiger partial charge in [-0.3, -0.25) is 0 Å². The minimum Gasteiger partial charge on any atom is -0.460 e. The van der Waals surface area contributed by atoms with Crippen molar-refractivity contribution in [3.05, 3.63) is 11.7 Å². The lowest BCUT2D eigenvalue weighted by atomic mass is 9.85. The molecule has 0 saturated heterocycles. The number of ether oxygens (including phenoxy) is 1. The second-order valence-corrected chi connectivity index (χ2v) is 4.23. The van der Waals surface area contributed by atoms with Crippen LogP contribution in [0.15, 0.2) is 4.52 Å². The van der Waals surface area contributed by atoms with Gasteiger partial charge in [0.05, 0.1) is 12.5 Å². The molecule has 2 atom stereocenters. The molecule has 0 aromatic carbocycles. The molecule has 1 fully saturated rings. The normalized spacial score (nSPS) is 24.6. The van der Waals surface area contributed by atoms with Crippen molar-refractivity contribution < 1.29 is 14.1 Å². The Morgan fingerprint density at radius 2 is 2.29 bits per heavy atom. The van der Waals surface area contributed by atoms with Gasteiger partial charge in [0.25, 0.3) is 5.82 Å². The van der Waals surface area contributed by atoms with Crippen molar-refractivity contribution in [2.75, 3.05) is 6.61 Å². The Morgan fingerprint density at radius 1 is 1.53 bits per heavy atom. The van der Waals surface area contributed by atoms with Gasteiger partial charge in [-0.25, -0.2) is 4.79 Å². The van der Waals surface area contributed by atoms with Crippen LogP contribution in [0.4, 0.5) is 0 Å². The highest BCUT2D eigenvalue weighted by molar-refractivity contribution is 5.84. The standard InChI is InChI=1S/C11H17N3O3/c1-2-16-11(15)9-13-10(17-14-9)7-5-3-4-6-8(7)12/h7-8H,2-6,12H2,1H3. The lowest BCUT2D eigenvalue weighted by Crippen LogP contribution is -2.31. The first-order valence-electron chi connectivity index (χ1n) is 5.98. The SMILES string of the molecule is CCOC(=O)c1noc(C2CCCCC2N)n1. The van der Waals surface area contributed by atoms with Crippen LogP contribution < -0.4 is 5.73 Å². The maximum atomic E-state index is 11.4. The number of hydrogen-bond donors (Lipinski definition) is 1. The van der Waals surface area contributed by atoms with E-state index >= 15 is 0 Å². The lowest BCUT2D eigenvalue weighted by Gasteiger charge is -2.25. The molecule has 94 valence electrons. The van der Waals surface area contributed by atoms with Crippen LogP contribution in [0.25, 0.3) is 0 Å². The number of aromatic nitrogens is 2. The number of nitrogens with two attached hydrogens (primary N) is 1. The molecule has 1 saturated carbocycles. The van der Waals surface area contributed by atoms with E-state index in [0.717, 1.165) is 25.7 Å². The summed E-state index contributed by atoms with van der Waals surface area (Å²) in [6.07, 6.45) is 4.14. The van der Waals surface area contributed by atoms with Crippen LogP contribution in [-0.2, 0) is 4.74 Å². The molecule has 1 heterocycles. The van der Waals surface area contributed by atoms with E-state index in [9.17, 15) is 4.79 Å². The molecule has 2 N–H and O–H groups in total. The summed E-state index contributed by atoms with van der Waals surface area (Å²) in [7, 11) is 0. The van der Waals surface area contributed by atoms with E-state index in [-0.39, 0.29) is 17.8 Å². The molecule has 1 aromatic heterocycles. The largest absolute Gasteiger partial charge is 0.460 e. The summed E-state index contributed by atoms with van der Waals surface area (Å²) in [4.78, 5) is 15.5. The first-order chi connectivity index (χ1) is 8.22. The fraction of sp³-hybridized carbons (Fsp3) is 0.727. The highest BCUT2D eigenvalue weighted by Crippen LogP contribution is 2.30. The molecule has 0 radical (unpaired) electrons. The van der Waals surface area contributed by atoms with Gasteiger partial charge in [0, 0.05) is 6.04 Å². The van der Waals surface area contributed by atoms with Gasteiger partial charge in [0.15, 0.2) is 0 Å². The van der Waals surface area contributed by atoms with Crippen molar-refractivity contribution >= 4 is 5.97 Å². The molecule has 0 spiro atoms. The maximum absolute atomic E-state index is 11.4. The lowest BCUT2D eigenvalue weighted by molar-refractivity contribution is 0.0508. The molecule has 1 aliphatic rings. The first kappa shape index (κ1) is 12.0. The zero-order chi connectivity index (χ0) is 12.3. The van der Waals surface area contributed by atoms with E-state index in [2.05, 4.69) is 10.1 Å². The smallest absolute Gasteiger partial charge is 0.379 e. The third-order valence-corrected chi connectivity index (χ3v) is 3.04. The van der Waals surface area contributed by atoms with Crippen molar-refractivity contribution in [2.45, 2.75) is 44.6 Å². The van der Waals surface area contributed by atoms with Crippen LogP contribution in [0, 0.1) is 0 Å². The second kappa shape index (κ2) is 5.27. The topological polar surface area (TPSA) is 91.2 Å². The highest BCUT2D eigenvalue weighted by Gasteiger charge is 2.29. The van der Waals surface area contributed by atoms with E-state index in [0.29, 0.717) is 12.5 Å². The number of esters is 1. The van der Waals surface area contributed by atoms with Crippen LogP contribution in [0.5, 0.6) is 0 Å². The Labute approximate surface area is 99.5 Å². The first-order valence-corrected chi connectivity index (χ1v) is 5.98. The van der Waals surface area contributed by atoms with Gasteiger partial charge in [0.1, 0.15) is 0 Å². The van der Waals surface area contributed by atoms with Gasteiger partial charge in [0.2, 0.25) is 5.89 Å². The molecule has 0 amide bonds. The van der Waals surface area contributed by atoms with Gasteiger partial charge >= 0.3 is 5.97 Å². The highest BCUT2D eigenvalue weighted by atomic mass is 16.5. The van der Waals surface area contributed by atoms with E-state index < -0.39 is 5.97 Å². The zero-order valence-corrected chi connectivity index (χ0v) is 9.89. The summed E-state index contributed by atoms with van der Waals surface area (Å²) >= 11 is 0. The molecule has 6 nitrogen and oxygen atoms in total. The Morgan fingerprint density at radius 3 is 3.00 bits per heavy atom. The Bertz CT molecular complexity index is 391. The van der Waals surface area contributed by atoms with Gasteiger partial charge < -0.3 is 15.0 Å². The monoisotopic (exact) mass is 239 g/mol. The van der Waals surface area contributed by atoms with Crippen LogP contribution >= 0.6 is 0 Å². The molecule has 1 aromatic rings. The molecule has 6 heteroatoms. The Balaban J connectivity index is 2.09. The summed E-state index contributed by atoms with van der Waals surface area (Å²) in [5.41, 5.74) is 6.01. The van der Waals surface area contributed by atoms with Crippen LogP contribution in [-0.4, -0.2) is 28.8 Å². The minimum atomic E-state index is -0.549. The molecular weight excluding hydrogens is 222 g/mol. The quantitative estimate of drug-likeness (QED) is 0.798. The molecule has 17 heavy (non-hydrogen) atoms. The Kier molecular flexibility index (Phi) is 3.73. The molecule has 2 unspecified atom stereocenters. The summed E-state index contributed by atoms with van der Waals surface area (Å²) in [5, 5.41) is 3.63. The van der Waals surface area contributed by atoms with Crippen molar-refractivity contribution in [1.29, 1.82) is 0 Å². The molecular formula is C11H17N3O3. The zero-order valence-electron chi connectivity index (χ0n) is 9.89. The van der Waals surface area contributed by atoms with Gasteiger partial charge in [-0.2, -0.15) is 4.98 Å². The number of rotatable bonds is 3. The van der Waals surface area contributed by atoms with Crippen LogP contribution in [0.3, 0.4) is 0 Å². The number of hydrogen-bond acceptors (Lipinski definition) is 6. The maximum Gasteiger partial charge on any atom is 0.379 e. The summed E-state index contributed by atoms with van der Waals surface area (Å²) in [6.45, 7) is 2.03. The molecule has 2 rings (SSSR count). The summed E-state index contributed by atoms with van der Waals surface area (Å²) < 4.78 is 9.90. The van der Waals surface area contributed by atoms with Crippen LogP contribution in [0.2, 0.25) is 0 Å². The van der Waals surface area contributed by atoms with Gasteiger partial charge in [-0.1, -0.05) is 12.8 Å². The number of carbonyl (C=O) groups is 1.